The van der Waals surface area contributed by atoms with E-state index in [0.717, 1.165) is 0 Å². The van der Waals surface area contributed by atoms with Crippen LogP contribution in [-0.2, 0) is 9.84 Å². The average Bonchev–Trinajstić information content (AvgIpc) is 2.34. The minimum Gasteiger partial charge on any atom is -0.306 e. The molecular weight excluding hydrogens is 258 g/mol. The molecule has 0 aliphatic heterocycles. The van der Waals surface area contributed by atoms with E-state index in [9.17, 15) is 8.42 Å². The third-order valence-corrected chi connectivity index (χ3v) is 4.22. The van der Waals surface area contributed by atoms with Gasteiger partial charge in [0.25, 0.3) is 0 Å². The Hall–Kier alpha value is -1.31. The Morgan fingerprint density at radius 1 is 1.21 bits per heavy atom. The second-order valence-corrected chi connectivity index (χ2v) is 7.49. The normalized spacial score (nSPS) is 13.5. The van der Waals surface area contributed by atoms with Crippen molar-refractivity contribution in [2.24, 2.45) is 5.41 Å². The predicted octanol–water partition coefficient (Wildman–Crippen LogP) is 2.10. The third kappa shape index (κ3) is 5.46. The van der Waals surface area contributed by atoms with Gasteiger partial charge in [0.1, 0.15) is 0 Å². The van der Waals surface area contributed by atoms with Crippen molar-refractivity contribution in [2.75, 3.05) is 12.8 Å². The van der Waals surface area contributed by atoms with E-state index in [1.54, 1.807) is 37.4 Å². The van der Waals surface area contributed by atoms with Gasteiger partial charge in [0.05, 0.1) is 16.7 Å². The SMILES string of the molecule is CNC(C#CC(C)(C)C)CS(=O)(=O)c1ccccc1. The molecule has 0 heterocycles. The summed E-state index contributed by atoms with van der Waals surface area (Å²) in [7, 11) is -1.58. The highest BCUT2D eigenvalue weighted by Crippen LogP contribution is 2.12. The molecule has 1 aromatic carbocycles. The number of nitrogens with one attached hydrogen (secondary N) is 1. The number of hydrogen-bond acceptors (Lipinski definition) is 3. The molecule has 19 heavy (non-hydrogen) atoms. The minimum absolute atomic E-state index is 0.0173. The molecular formula is C15H21NO2S. The van der Waals surface area contributed by atoms with Crippen molar-refractivity contribution in [2.45, 2.75) is 31.7 Å². The molecule has 0 spiro atoms. The van der Waals surface area contributed by atoms with Crippen LogP contribution < -0.4 is 5.32 Å². The molecule has 0 aliphatic rings. The van der Waals surface area contributed by atoms with E-state index in [4.69, 9.17) is 0 Å². The highest BCUT2D eigenvalue weighted by molar-refractivity contribution is 7.91. The van der Waals surface area contributed by atoms with Gasteiger partial charge in [-0.15, -0.1) is 0 Å². The van der Waals surface area contributed by atoms with Crippen LogP contribution in [0, 0.1) is 17.3 Å². The van der Waals surface area contributed by atoms with Gasteiger partial charge in [0.2, 0.25) is 0 Å². The molecule has 0 fully saturated rings. The monoisotopic (exact) mass is 279 g/mol. The fraction of sp³-hybridized carbons (Fsp3) is 0.467. The summed E-state index contributed by atoms with van der Waals surface area (Å²) in [6.45, 7) is 6.00. The zero-order valence-corrected chi connectivity index (χ0v) is 12.7. The maximum atomic E-state index is 12.2. The number of hydrogen-bond donors (Lipinski definition) is 1. The maximum absolute atomic E-state index is 12.2. The van der Waals surface area contributed by atoms with Crippen molar-refractivity contribution >= 4 is 9.84 Å². The van der Waals surface area contributed by atoms with Crippen LogP contribution in [0.25, 0.3) is 0 Å². The molecule has 0 radical (unpaired) electrons. The zero-order chi connectivity index (χ0) is 14.5. The van der Waals surface area contributed by atoms with E-state index >= 15 is 0 Å². The first kappa shape index (κ1) is 15.7. The predicted molar refractivity (Wildman–Crippen MR) is 78.6 cm³/mol. The van der Waals surface area contributed by atoms with E-state index in [1.165, 1.54) is 0 Å². The second-order valence-electron chi connectivity index (χ2n) is 5.46. The van der Waals surface area contributed by atoms with Crippen LogP contribution in [0.3, 0.4) is 0 Å². The highest BCUT2D eigenvalue weighted by atomic mass is 32.2. The molecule has 1 aromatic rings. The van der Waals surface area contributed by atoms with Crippen molar-refractivity contribution in [1.29, 1.82) is 0 Å². The summed E-state index contributed by atoms with van der Waals surface area (Å²) in [6, 6.07) is 8.11. The van der Waals surface area contributed by atoms with Gasteiger partial charge in [-0.05, 0) is 40.0 Å². The smallest absolute Gasteiger partial charge is 0.180 e. The van der Waals surface area contributed by atoms with Gasteiger partial charge in [-0.2, -0.15) is 0 Å². The van der Waals surface area contributed by atoms with Crippen molar-refractivity contribution in [3.63, 3.8) is 0 Å². The Morgan fingerprint density at radius 2 is 1.79 bits per heavy atom. The fourth-order valence-electron chi connectivity index (χ4n) is 1.44. The second kappa shape index (κ2) is 6.23. The molecule has 104 valence electrons. The van der Waals surface area contributed by atoms with Gasteiger partial charge >= 0.3 is 0 Å². The Balaban J connectivity index is 2.90. The molecule has 4 heteroatoms. The topological polar surface area (TPSA) is 46.2 Å². The zero-order valence-electron chi connectivity index (χ0n) is 11.9. The van der Waals surface area contributed by atoms with E-state index in [1.807, 2.05) is 20.8 Å². The highest BCUT2D eigenvalue weighted by Gasteiger charge is 2.19. The molecule has 3 nitrogen and oxygen atoms in total. The van der Waals surface area contributed by atoms with Crippen molar-refractivity contribution in [1.82, 2.24) is 5.32 Å². The molecule has 0 aromatic heterocycles. The quantitative estimate of drug-likeness (QED) is 0.859. The molecule has 0 saturated heterocycles. The summed E-state index contributed by atoms with van der Waals surface area (Å²) < 4.78 is 24.4. The molecule has 0 saturated carbocycles. The Kier molecular flexibility index (Phi) is 5.16. The van der Waals surface area contributed by atoms with E-state index < -0.39 is 9.84 Å². The van der Waals surface area contributed by atoms with Crippen LogP contribution in [0.2, 0.25) is 0 Å². The Labute approximate surface area is 116 Å². The van der Waals surface area contributed by atoms with Gasteiger partial charge in [-0.1, -0.05) is 30.0 Å². The summed E-state index contributed by atoms with van der Waals surface area (Å²) in [6.07, 6.45) is 0. The van der Waals surface area contributed by atoms with E-state index in [0.29, 0.717) is 4.90 Å². The lowest BCUT2D eigenvalue weighted by atomic mass is 9.97. The van der Waals surface area contributed by atoms with Crippen LogP contribution in [0.5, 0.6) is 0 Å². The average molecular weight is 279 g/mol. The van der Waals surface area contributed by atoms with Gasteiger partial charge < -0.3 is 5.32 Å². The molecule has 1 atom stereocenters. The molecule has 0 bridgehead atoms. The summed E-state index contributed by atoms with van der Waals surface area (Å²) in [5, 5.41) is 2.95. The van der Waals surface area contributed by atoms with Crippen molar-refractivity contribution in [3.8, 4) is 11.8 Å². The molecule has 1 rings (SSSR count). The third-order valence-electron chi connectivity index (χ3n) is 2.46. The first-order valence-corrected chi connectivity index (χ1v) is 7.87. The summed E-state index contributed by atoms with van der Waals surface area (Å²) >= 11 is 0. The number of benzene rings is 1. The molecule has 0 aliphatic carbocycles. The lowest BCUT2D eigenvalue weighted by Crippen LogP contribution is -2.32. The lowest BCUT2D eigenvalue weighted by Gasteiger charge is -2.12. The molecule has 1 unspecified atom stereocenters. The van der Waals surface area contributed by atoms with Crippen LogP contribution >= 0.6 is 0 Å². The Bertz CT molecular complexity index is 560. The molecule has 0 amide bonds. The first-order valence-electron chi connectivity index (χ1n) is 6.22. The maximum Gasteiger partial charge on any atom is 0.180 e. The largest absolute Gasteiger partial charge is 0.306 e. The fourth-order valence-corrected chi connectivity index (χ4v) is 2.90. The first-order chi connectivity index (χ1) is 8.74. The minimum atomic E-state index is -3.30. The van der Waals surface area contributed by atoms with Crippen LogP contribution in [0.15, 0.2) is 35.2 Å². The Morgan fingerprint density at radius 3 is 2.26 bits per heavy atom. The number of rotatable bonds is 4. The standard InChI is InChI=1S/C15H21NO2S/c1-15(2,3)11-10-13(16-4)12-19(17,18)14-8-6-5-7-9-14/h5-9,13,16H,12H2,1-4H3. The van der Waals surface area contributed by atoms with Crippen molar-refractivity contribution < 1.29 is 8.42 Å². The van der Waals surface area contributed by atoms with Gasteiger partial charge in [-0.25, -0.2) is 8.42 Å². The van der Waals surface area contributed by atoms with Gasteiger partial charge in [0, 0.05) is 5.41 Å². The van der Waals surface area contributed by atoms with Crippen LogP contribution in [0.4, 0.5) is 0 Å². The summed E-state index contributed by atoms with van der Waals surface area (Å²) in [5.41, 5.74) is -0.133. The van der Waals surface area contributed by atoms with Gasteiger partial charge in [0.15, 0.2) is 9.84 Å². The van der Waals surface area contributed by atoms with E-state index in [2.05, 4.69) is 17.2 Å². The van der Waals surface area contributed by atoms with Crippen LogP contribution in [0.1, 0.15) is 20.8 Å². The number of sulfone groups is 1. The lowest BCUT2D eigenvalue weighted by molar-refractivity contribution is 0.566. The summed E-state index contributed by atoms with van der Waals surface area (Å²) in [4.78, 5) is 0.341. The van der Waals surface area contributed by atoms with Gasteiger partial charge in [-0.3, -0.25) is 0 Å². The van der Waals surface area contributed by atoms with Crippen LogP contribution in [-0.4, -0.2) is 27.3 Å². The molecule has 1 N–H and O–H groups in total. The van der Waals surface area contributed by atoms with E-state index in [-0.39, 0.29) is 17.2 Å². The van der Waals surface area contributed by atoms with Crippen molar-refractivity contribution in [3.05, 3.63) is 30.3 Å². The summed E-state index contributed by atoms with van der Waals surface area (Å²) in [5.74, 6) is 6.05.